The number of carbonyl (C=O) groups excluding carboxylic acids is 1. The van der Waals surface area contributed by atoms with Crippen molar-refractivity contribution in [3.05, 3.63) is 81.6 Å². The van der Waals surface area contributed by atoms with Gasteiger partial charge in [0.2, 0.25) is 5.88 Å². The largest absolute Gasteiger partial charge is 0.493 e. The normalized spacial score (nSPS) is 10.7. The molecule has 0 spiro atoms. The predicted molar refractivity (Wildman–Crippen MR) is 110 cm³/mol. The van der Waals surface area contributed by atoms with E-state index in [1.165, 1.54) is 6.92 Å². The van der Waals surface area contributed by atoms with Crippen LogP contribution in [0.5, 0.6) is 5.88 Å². The number of carbonyl (C=O) groups is 1. The van der Waals surface area contributed by atoms with Crippen molar-refractivity contribution in [1.82, 2.24) is 4.57 Å². The highest BCUT2D eigenvalue weighted by Crippen LogP contribution is 2.28. The number of hydrogen-bond donors (Lipinski definition) is 1. The number of rotatable bonds is 5. The maximum absolute atomic E-state index is 13.0. The van der Waals surface area contributed by atoms with E-state index in [0.29, 0.717) is 16.9 Å². The number of aromatic nitrogens is 1. The van der Waals surface area contributed by atoms with Crippen molar-refractivity contribution >= 4 is 17.3 Å². The van der Waals surface area contributed by atoms with E-state index in [-0.39, 0.29) is 23.4 Å². The summed E-state index contributed by atoms with van der Waals surface area (Å²) in [6.07, 6.45) is 0. The summed E-state index contributed by atoms with van der Waals surface area (Å²) in [5.74, 6) is -0.899. The van der Waals surface area contributed by atoms with Gasteiger partial charge in [-0.2, -0.15) is 10.4 Å². The Balaban J connectivity index is 2.05. The van der Waals surface area contributed by atoms with E-state index >= 15 is 0 Å². The molecule has 0 unspecified atom stereocenters. The average molecular weight is 402 g/mol. The van der Waals surface area contributed by atoms with Gasteiger partial charge in [0.1, 0.15) is 11.6 Å². The second-order valence-electron chi connectivity index (χ2n) is 6.23. The summed E-state index contributed by atoms with van der Waals surface area (Å²) in [5.41, 5.74) is 0.648. The highest BCUT2D eigenvalue weighted by atomic mass is 16.5. The number of esters is 1. The Morgan fingerprint density at radius 3 is 2.40 bits per heavy atom. The number of pyridine rings is 1. The first-order valence-corrected chi connectivity index (χ1v) is 9.11. The standard InChI is InChI=1S/C22H18N4O4/c1-3-30-22(29)15-9-11-16(12-10-15)24-25-19-14(2)18(13-23)20(27)26(21(19)28)17-7-5-4-6-8-17/h4-12,27H,3H2,1-2H3. The zero-order chi connectivity index (χ0) is 21.7. The lowest BCUT2D eigenvalue weighted by molar-refractivity contribution is 0.0526. The topological polar surface area (TPSA) is 117 Å². The van der Waals surface area contributed by atoms with Gasteiger partial charge in [-0.3, -0.25) is 4.79 Å². The number of hydrogen-bond acceptors (Lipinski definition) is 7. The van der Waals surface area contributed by atoms with Crippen LogP contribution in [-0.2, 0) is 4.74 Å². The van der Waals surface area contributed by atoms with E-state index in [1.807, 2.05) is 6.07 Å². The molecule has 0 aliphatic rings. The molecule has 0 saturated carbocycles. The van der Waals surface area contributed by atoms with Crippen molar-refractivity contribution in [1.29, 1.82) is 5.26 Å². The van der Waals surface area contributed by atoms with E-state index in [2.05, 4.69) is 10.2 Å². The molecule has 0 aliphatic carbocycles. The van der Waals surface area contributed by atoms with Crippen LogP contribution in [0.15, 0.2) is 69.6 Å². The highest BCUT2D eigenvalue weighted by Gasteiger charge is 2.20. The molecule has 0 saturated heterocycles. The van der Waals surface area contributed by atoms with Crippen molar-refractivity contribution in [3.8, 4) is 17.6 Å². The molecular formula is C22H18N4O4. The fraction of sp³-hybridized carbons (Fsp3) is 0.136. The highest BCUT2D eigenvalue weighted by molar-refractivity contribution is 5.89. The quantitative estimate of drug-likeness (QED) is 0.504. The number of para-hydroxylation sites is 1. The van der Waals surface area contributed by atoms with Crippen LogP contribution in [0.4, 0.5) is 11.4 Å². The van der Waals surface area contributed by atoms with Crippen LogP contribution in [0.1, 0.15) is 28.4 Å². The monoisotopic (exact) mass is 402 g/mol. The van der Waals surface area contributed by atoms with E-state index in [4.69, 9.17) is 4.74 Å². The van der Waals surface area contributed by atoms with E-state index in [0.717, 1.165) is 4.57 Å². The van der Waals surface area contributed by atoms with Crippen LogP contribution in [-0.4, -0.2) is 22.2 Å². The second-order valence-corrected chi connectivity index (χ2v) is 6.23. The molecule has 2 aromatic carbocycles. The van der Waals surface area contributed by atoms with Gasteiger partial charge in [-0.15, -0.1) is 5.11 Å². The number of azo groups is 1. The molecular weight excluding hydrogens is 384 g/mol. The van der Waals surface area contributed by atoms with Crippen LogP contribution in [0, 0.1) is 18.3 Å². The molecule has 8 heteroatoms. The summed E-state index contributed by atoms with van der Waals surface area (Å²) < 4.78 is 5.95. The molecule has 8 nitrogen and oxygen atoms in total. The lowest BCUT2D eigenvalue weighted by atomic mass is 10.1. The number of nitriles is 1. The molecule has 0 amide bonds. The van der Waals surface area contributed by atoms with Gasteiger partial charge in [-0.25, -0.2) is 9.36 Å². The van der Waals surface area contributed by atoms with Gasteiger partial charge in [0, 0.05) is 5.56 Å². The van der Waals surface area contributed by atoms with Crippen LogP contribution < -0.4 is 5.56 Å². The van der Waals surface area contributed by atoms with E-state index in [9.17, 15) is 20.0 Å². The lowest BCUT2D eigenvalue weighted by Crippen LogP contribution is -2.20. The molecule has 0 atom stereocenters. The smallest absolute Gasteiger partial charge is 0.338 e. The molecule has 3 rings (SSSR count). The number of aromatic hydroxyl groups is 1. The summed E-state index contributed by atoms with van der Waals surface area (Å²) in [5, 5.41) is 28.0. The van der Waals surface area contributed by atoms with Gasteiger partial charge < -0.3 is 9.84 Å². The van der Waals surface area contributed by atoms with Crippen LogP contribution >= 0.6 is 0 Å². The molecule has 0 bridgehead atoms. The summed E-state index contributed by atoms with van der Waals surface area (Å²) in [6, 6.07) is 16.6. The fourth-order valence-electron chi connectivity index (χ4n) is 2.81. The van der Waals surface area contributed by atoms with E-state index < -0.39 is 17.4 Å². The molecule has 3 aromatic rings. The number of benzene rings is 2. The Bertz CT molecular complexity index is 1210. The van der Waals surface area contributed by atoms with Crippen LogP contribution in [0.25, 0.3) is 5.69 Å². The Morgan fingerprint density at radius 1 is 1.13 bits per heavy atom. The maximum Gasteiger partial charge on any atom is 0.338 e. The predicted octanol–water partition coefficient (Wildman–Crippen LogP) is 4.32. The Kier molecular flexibility index (Phi) is 6.03. The van der Waals surface area contributed by atoms with Crippen molar-refractivity contribution in [2.45, 2.75) is 13.8 Å². The first-order valence-electron chi connectivity index (χ1n) is 9.11. The molecule has 1 aromatic heterocycles. The van der Waals surface area contributed by atoms with Crippen molar-refractivity contribution in [3.63, 3.8) is 0 Å². The maximum atomic E-state index is 13.0. The third kappa shape index (κ3) is 3.95. The zero-order valence-electron chi connectivity index (χ0n) is 16.4. The van der Waals surface area contributed by atoms with Gasteiger partial charge in [-0.1, -0.05) is 18.2 Å². The van der Waals surface area contributed by atoms with Gasteiger partial charge in [-0.05, 0) is 50.2 Å². The summed E-state index contributed by atoms with van der Waals surface area (Å²) in [7, 11) is 0. The first-order chi connectivity index (χ1) is 14.5. The van der Waals surface area contributed by atoms with Crippen LogP contribution in [0.3, 0.4) is 0 Å². The minimum atomic E-state index is -0.609. The summed E-state index contributed by atoms with van der Waals surface area (Å²) in [4.78, 5) is 24.7. The number of ether oxygens (including phenoxy) is 1. The summed E-state index contributed by atoms with van der Waals surface area (Å²) in [6.45, 7) is 3.51. The molecule has 0 fully saturated rings. The third-order valence-electron chi connectivity index (χ3n) is 4.34. The van der Waals surface area contributed by atoms with Crippen molar-refractivity contribution in [2.75, 3.05) is 6.61 Å². The minimum Gasteiger partial charge on any atom is -0.493 e. The minimum absolute atomic E-state index is 0.0648. The van der Waals surface area contributed by atoms with Gasteiger partial charge >= 0.3 is 5.97 Å². The summed E-state index contributed by atoms with van der Waals surface area (Å²) >= 11 is 0. The lowest BCUT2D eigenvalue weighted by Gasteiger charge is -2.12. The molecule has 0 radical (unpaired) electrons. The Morgan fingerprint density at radius 2 is 1.80 bits per heavy atom. The van der Waals surface area contributed by atoms with E-state index in [1.54, 1.807) is 61.5 Å². The SMILES string of the molecule is CCOC(=O)c1ccc(N=Nc2c(C)c(C#N)c(O)n(-c3ccccc3)c2=O)cc1. The average Bonchev–Trinajstić information content (AvgIpc) is 2.75. The Hall–Kier alpha value is -4.25. The first kappa shape index (κ1) is 20.5. The fourth-order valence-corrected chi connectivity index (χ4v) is 2.81. The molecule has 1 heterocycles. The third-order valence-corrected chi connectivity index (χ3v) is 4.34. The Labute approximate surface area is 172 Å². The van der Waals surface area contributed by atoms with Gasteiger partial charge in [0.15, 0.2) is 5.69 Å². The van der Waals surface area contributed by atoms with Gasteiger partial charge in [0.25, 0.3) is 5.56 Å². The second kappa shape index (κ2) is 8.84. The van der Waals surface area contributed by atoms with Crippen molar-refractivity contribution in [2.24, 2.45) is 10.2 Å². The molecule has 30 heavy (non-hydrogen) atoms. The van der Waals surface area contributed by atoms with Crippen molar-refractivity contribution < 1.29 is 14.6 Å². The van der Waals surface area contributed by atoms with Crippen LogP contribution in [0.2, 0.25) is 0 Å². The van der Waals surface area contributed by atoms with Gasteiger partial charge in [0.05, 0.1) is 23.5 Å². The zero-order valence-corrected chi connectivity index (χ0v) is 16.4. The molecule has 1 N–H and O–H groups in total. The number of nitrogens with zero attached hydrogens (tertiary/aromatic N) is 4. The molecule has 150 valence electrons. The molecule has 0 aliphatic heterocycles.